The monoisotopic (exact) mass is 478 g/mol. The Balaban J connectivity index is 1.31. The van der Waals surface area contributed by atoms with Crippen molar-refractivity contribution in [1.29, 1.82) is 0 Å². The first-order chi connectivity index (χ1) is 17.6. The zero-order valence-corrected chi connectivity index (χ0v) is 20.3. The molecular formula is C29H30N6O. The van der Waals surface area contributed by atoms with Crippen molar-refractivity contribution in [3.05, 3.63) is 108 Å². The van der Waals surface area contributed by atoms with E-state index in [9.17, 15) is 4.79 Å². The van der Waals surface area contributed by atoms with E-state index in [1.807, 2.05) is 12.1 Å². The van der Waals surface area contributed by atoms with E-state index >= 15 is 0 Å². The van der Waals surface area contributed by atoms with Gasteiger partial charge in [0, 0.05) is 37.4 Å². The normalized spacial score (nSPS) is 14.1. The van der Waals surface area contributed by atoms with Gasteiger partial charge in [0.2, 0.25) is 0 Å². The number of nitrogens with zero attached hydrogens (tertiary/aromatic N) is 4. The van der Waals surface area contributed by atoms with Gasteiger partial charge < -0.3 is 16.0 Å². The molecule has 0 radical (unpaired) electrons. The molecule has 1 fully saturated rings. The lowest BCUT2D eigenvalue weighted by Crippen LogP contribution is -2.48. The number of piperazine rings is 1. The van der Waals surface area contributed by atoms with Gasteiger partial charge in [-0.05, 0) is 42.3 Å². The minimum Gasteiger partial charge on any atom is -0.393 e. The first-order valence-electron chi connectivity index (χ1n) is 12.2. The maximum atomic E-state index is 11.5. The van der Waals surface area contributed by atoms with Crippen LogP contribution in [-0.4, -0.2) is 46.8 Å². The fourth-order valence-electron chi connectivity index (χ4n) is 4.74. The largest absolute Gasteiger partial charge is 0.393 e. The lowest BCUT2D eigenvalue weighted by molar-refractivity contribution is 0.101. The second-order valence-corrected chi connectivity index (χ2v) is 8.97. The number of nitrogens with two attached hydrogens (primary N) is 1. The Labute approximate surface area is 211 Å². The van der Waals surface area contributed by atoms with Crippen LogP contribution in [0.25, 0.3) is 0 Å². The number of anilines is 4. The Bertz CT molecular complexity index is 1260. The van der Waals surface area contributed by atoms with E-state index in [0.717, 1.165) is 37.7 Å². The van der Waals surface area contributed by atoms with Gasteiger partial charge in [0.1, 0.15) is 12.0 Å². The molecule has 0 unspecified atom stereocenters. The number of hydrogen-bond acceptors (Lipinski definition) is 7. The smallest absolute Gasteiger partial charge is 0.159 e. The number of nitrogens with one attached hydrogen (secondary N) is 1. The summed E-state index contributed by atoms with van der Waals surface area (Å²) in [6.45, 7) is 4.94. The molecule has 3 N–H and O–H groups in total. The number of hydrogen-bond donors (Lipinski definition) is 2. The summed E-state index contributed by atoms with van der Waals surface area (Å²) >= 11 is 0. The minimum absolute atomic E-state index is 0.0336. The van der Waals surface area contributed by atoms with Crippen LogP contribution in [0.3, 0.4) is 0 Å². The molecular weight excluding hydrogens is 448 g/mol. The first-order valence-corrected chi connectivity index (χ1v) is 12.2. The molecule has 1 saturated heterocycles. The second-order valence-electron chi connectivity index (χ2n) is 8.97. The van der Waals surface area contributed by atoms with Crippen molar-refractivity contribution in [2.75, 3.05) is 42.1 Å². The highest BCUT2D eigenvalue weighted by Crippen LogP contribution is 2.33. The molecule has 7 nitrogen and oxygen atoms in total. The average molecular weight is 479 g/mol. The number of benzene rings is 3. The summed E-state index contributed by atoms with van der Waals surface area (Å²) in [6.07, 6.45) is 1.54. The van der Waals surface area contributed by atoms with Crippen LogP contribution in [0.5, 0.6) is 0 Å². The molecule has 1 aromatic heterocycles. The Morgan fingerprint density at radius 2 is 1.42 bits per heavy atom. The molecule has 0 atom stereocenters. The van der Waals surface area contributed by atoms with Crippen molar-refractivity contribution in [1.82, 2.24) is 14.9 Å². The predicted octanol–water partition coefficient (Wildman–Crippen LogP) is 4.92. The van der Waals surface area contributed by atoms with E-state index in [-0.39, 0.29) is 11.8 Å². The van der Waals surface area contributed by atoms with E-state index in [4.69, 9.17) is 5.73 Å². The highest BCUT2D eigenvalue weighted by atomic mass is 16.1. The summed E-state index contributed by atoms with van der Waals surface area (Å²) in [7, 11) is 0. The maximum absolute atomic E-state index is 11.5. The van der Waals surface area contributed by atoms with Gasteiger partial charge in [0.15, 0.2) is 17.4 Å². The van der Waals surface area contributed by atoms with Gasteiger partial charge in [0.05, 0.1) is 6.04 Å². The molecule has 5 rings (SSSR count). The van der Waals surface area contributed by atoms with Crippen LogP contribution in [0.15, 0.2) is 91.3 Å². The molecule has 36 heavy (non-hydrogen) atoms. The molecule has 7 heteroatoms. The summed E-state index contributed by atoms with van der Waals surface area (Å²) in [6, 6.07) is 28.8. The Kier molecular flexibility index (Phi) is 6.91. The number of carbonyl (C=O) groups is 1. The molecule has 4 aromatic rings. The van der Waals surface area contributed by atoms with Crippen molar-refractivity contribution in [3.63, 3.8) is 0 Å². The van der Waals surface area contributed by atoms with E-state index in [1.54, 1.807) is 25.4 Å². The molecule has 182 valence electrons. The minimum atomic E-state index is 0.0336. The standard InChI is InChI=1S/C29H30N6O/c1-21(36)22-12-14-25(15-13-22)33-28-26(30)29(32-20-31-28)35-18-16-34(17-19-35)27(23-8-4-2-5-9-23)24-10-6-3-7-11-24/h2-15,20,27H,16-19,30H2,1H3,(H,31,32,33). The fourth-order valence-corrected chi connectivity index (χ4v) is 4.74. The van der Waals surface area contributed by atoms with Gasteiger partial charge in [-0.25, -0.2) is 9.97 Å². The molecule has 1 aliphatic rings. The summed E-state index contributed by atoms with van der Waals surface area (Å²) in [4.78, 5) is 25.2. The van der Waals surface area contributed by atoms with Crippen LogP contribution >= 0.6 is 0 Å². The Hall–Kier alpha value is -4.23. The average Bonchev–Trinajstić information content (AvgIpc) is 2.92. The lowest BCUT2D eigenvalue weighted by Gasteiger charge is -2.40. The van der Waals surface area contributed by atoms with E-state index < -0.39 is 0 Å². The van der Waals surface area contributed by atoms with Crippen LogP contribution in [0.2, 0.25) is 0 Å². The van der Waals surface area contributed by atoms with Gasteiger partial charge in [-0.15, -0.1) is 0 Å². The van der Waals surface area contributed by atoms with Gasteiger partial charge in [-0.3, -0.25) is 9.69 Å². The summed E-state index contributed by atoms with van der Waals surface area (Å²) in [5, 5.41) is 3.26. The second kappa shape index (κ2) is 10.6. The van der Waals surface area contributed by atoms with Crippen molar-refractivity contribution in [2.45, 2.75) is 13.0 Å². The molecule has 0 aliphatic carbocycles. The molecule has 0 saturated carbocycles. The number of rotatable bonds is 7. The van der Waals surface area contributed by atoms with Crippen molar-refractivity contribution < 1.29 is 4.79 Å². The Morgan fingerprint density at radius 3 is 1.97 bits per heavy atom. The lowest BCUT2D eigenvalue weighted by atomic mass is 9.96. The highest BCUT2D eigenvalue weighted by molar-refractivity contribution is 5.94. The zero-order valence-electron chi connectivity index (χ0n) is 20.3. The fraction of sp³-hybridized carbons (Fsp3) is 0.207. The predicted molar refractivity (Wildman–Crippen MR) is 145 cm³/mol. The van der Waals surface area contributed by atoms with Gasteiger partial charge in [-0.1, -0.05) is 60.7 Å². The third kappa shape index (κ3) is 5.06. The maximum Gasteiger partial charge on any atom is 0.159 e. The van der Waals surface area contributed by atoms with Crippen LogP contribution in [0.1, 0.15) is 34.5 Å². The molecule has 0 spiro atoms. The third-order valence-corrected chi connectivity index (χ3v) is 6.63. The van der Waals surface area contributed by atoms with Crippen LogP contribution < -0.4 is 16.0 Å². The summed E-state index contributed by atoms with van der Waals surface area (Å²) in [5.41, 5.74) is 11.1. The SMILES string of the molecule is CC(=O)c1ccc(Nc2ncnc(N3CCN(C(c4ccccc4)c4ccccc4)CC3)c2N)cc1. The number of carbonyl (C=O) groups excluding carboxylic acids is 1. The van der Waals surface area contributed by atoms with Crippen LogP contribution in [0.4, 0.5) is 23.0 Å². The number of nitrogen functional groups attached to an aromatic ring is 1. The van der Waals surface area contributed by atoms with Crippen molar-refractivity contribution in [3.8, 4) is 0 Å². The van der Waals surface area contributed by atoms with Gasteiger partial charge in [-0.2, -0.15) is 0 Å². The van der Waals surface area contributed by atoms with Crippen molar-refractivity contribution in [2.24, 2.45) is 0 Å². The highest BCUT2D eigenvalue weighted by Gasteiger charge is 2.28. The van der Waals surface area contributed by atoms with E-state index in [2.05, 4.69) is 85.7 Å². The molecule has 2 heterocycles. The van der Waals surface area contributed by atoms with Crippen LogP contribution in [0, 0.1) is 0 Å². The molecule has 0 bridgehead atoms. The molecule has 0 amide bonds. The quantitative estimate of drug-likeness (QED) is 0.365. The number of ketones is 1. The molecule has 1 aliphatic heterocycles. The van der Waals surface area contributed by atoms with Gasteiger partial charge >= 0.3 is 0 Å². The van der Waals surface area contributed by atoms with E-state index in [0.29, 0.717) is 17.1 Å². The zero-order chi connectivity index (χ0) is 24.9. The summed E-state index contributed by atoms with van der Waals surface area (Å²) in [5.74, 6) is 1.33. The van der Waals surface area contributed by atoms with Gasteiger partial charge in [0.25, 0.3) is 0 Å². The topological polar surface area (TPSA) is 87.4 Å². The van der Waals surface area contributed by atoms with Crippen LogP contribution in [-0.2, 0) is 0 Å². The number of Topliss-reactive ketones (excluding diaryl/α,β-unsaturated/α-hetero) is 1. The molecule has 3 aromatic carbocycles. The van der Waals surface area contributed by atoms with Crippen molar-refractivity contribution >= 4 is 28.8 Å². The Morgan fingerprint density at radius 1 is 0.833 bits per heavy atom. The third-order valence-electron chi connectivity index (χ3n) is 6.63. The van der Waals surface area contributed by atoms with E-state index in [1.165, 1.54) is 11.1 Å². The first kappa shape index (κ1) is 23.5. The summed E-state index contributed by atoms with van der Waals surface area (Å²) < 4.78 is 0. The number of aromatic nitrogens is 2.